The van der Waals surface area contributed by atoms with E-state index >= 15 is 0 Å². The number of carboxylic acid groups (broad SMARTS) is 1. The van der Waals surface area contributed by atoms with Crippen LogP contribution >= 0.6 is 0 Å². The van der Waals surface area contributed by atoms with Crippen LogP contribution in [0.15, 0.2) is 30.3 Å². The fourth-order valence-electron chi connectivity index (χ4n) is 3.85. The highest BCUT2D eigenvalue weighted by atomic mass is 16.4. The van der Waals surface area contributed by atoms with Gasteiger partial charge in [0, 0.05) is 30.9 Å². The van der Waals surface area contributed by atoms with Crippen molar-refractivity contribution < 1.29 is 9.90 Å². The van der Waals surface area contributed by atoms with Crippen molar-refractivity contribution in [3.8, 4) is 0 Å². The van der Waals surface area contributed by atoms with E-state index in [2.05, 4.69) is 40.1 Å². The molecule has 2 aliphatic heterocycles. The van der Waals surface area contributed by atoms with E-state index in [0.29, 0.717) is 12.5 Å². The molecular weight excluding hydrogens is 264 g/mol. The summed E-state index contributed by atoms with van der Waals surface area (Å²) in [6.45, 7) is 3.23. The van der Waals surface area contributed by atoms with Crippen molar-refractivity contribution in [2.45, 2.75) is 44.2 Å². The van der Waals surface area contributed by atoms with Gasteiger partial charge in [-0.2, -0.15) is 0 Å². The van der Waals surface area contributed by atoms with Crippen LogP contribution in [0, 0.1) is 0 Å². The number of benzene rings is 1. The van der Waals surface area contributed by atoms with Crippen LogP contribution < -0.4 is 4.90 Å². The summed E-state index contributed by atoms with van der Waals surface area (Å²) in [6.07, 6.45) is 4.79. The quantitative estimate of drug-likeness (QED) is 0.925. The number of nitrogens with zero attached hydrogens (tertiary/aromatic N) is 2. The van der Waals surface area contributed by atoms with Gasteiger partial charge < -0.3 is 10.0 Å². The topological polar surface area (TPSA) is 43.8 Å². The summed E-state index contributed by atoms with van der Waals surface area (Å²) >= 11 is 0. The van der Waals surface area contributed by atoms with E-state index in [1.165, 1.54) is 5.69 Å². The molecule has 2 heterocycles. The van der Waals surface area contributed by atoms with Gasteiger partial charge in [0.15, 0.2) is 0 Å². The molecule has 2 fully saturated rings. The highest BCUT2D eigenvalue weighted by Crippen LogP contribution is 2.29. The first-order valence-electron chi connectivity index (χ1n) is 8.01. The molecule has 2 saturated heterocycles. The highest BCUT2D eigenvalue weighted by Gasteiger charge is 2.33. The molecule has 1 atom stereocenters. The molecule has 0 radical (unpaired) electrons. The molecule has 114 valence electrons. The number of piperidine rings is 1. The lowest BCUT2D eigenvalue weighted by Gasteiger charge is -2.40. The van der Waals surface area contributed by atoms with E-state index in [0.717, 1.165) is 45.3 Å². The van der Waals surface area contributed by atoms with Gasteiger partial charge in [-0.1, -0.05) is 18.2 Å². The second-order valence-corrected chi connectivity index (χ2v) is 6.19. The summed E-state index contributed by atoms with van der Waals surface area (Å²) in [4.78, 5) is 15.9. The number of likely N-dealkylation sites (tertiary alicyclic amines) is 1. The second-order valence-electron chi connectivity index (χ2n) is 6.19. The molecule has 0 aromatic heterocycles. The van der Waals surface area contributed by atoms with E-state index in [4.69, 9.17) is 5.11 Å². The van der Waals surface area contributed by atoms with Crippen molar-refractivity contribution in [3.05, 3.63) is 30.3 Å². The van der Waals surface area contributed by atoms with Crippen molar-refractivity contribution in [3.63, 3.8) is 0 Å². The summed E-state index contributed by atoms with van der Waals surface area (Å²) in [5.74, 6) is -0.659. The van der Waals surface area contributed by atoms with Crippen LogP contribution in [-0.4, -0.2) is 47.7 Å². The molecule has 0 bridgehead atoms. The third kappa shape index (κ3) is 3.38. The molecule has 0 spiro atoms. The lowest BCUT2D eigenvalue weighted by atomic mass is 10.0. The van der Waals surface area contributed by atoms with Gasteiger partial charge in [0.25, 0.3) is 0 Å². The lowest BCUT2D eigenvalue weighted by molar-refractivity contribution is -0.138. The number of rotatable bonds is 4. The fourth-order valence-corrected chi connectivity index (χ4v) is 3.85. The molecule has 0 saturated carbocycles. The molecule has 3 rings (SSSR count). The fraction of sp³-hybridized carbons (Fsp3) is 0.588. The SMILES string of the molecule is O=C(O)CC1CCCN1C1CCN(c2ccccc2)CC1. The molecule has 1 unspecified atom stereocenters. The summed E-state index contributed by atoms with van der Waals surface area (Å²) < 4.78 is 0. The monoisotopic (exact) mass is 288 g/mol. The van der Waals surface area contributed by atoms with Crippen LogP contribution in [0.1, 0.15) is 32.1 Å². The van der Waals surface area contributed by atoms with Gasteiger partial charge in [0.2, 0.25) is 0 Å². The number of hydrogen-bond acceptors (Lipinski definition) is 3. The van der Waals surface area contributed by atoms with Crippen molar-refractivity contribution in [1.82, 2.24) is 4.90 Å². The molecule has 4 heteroatoms. The molecule has 2 aliphatic rings. The van der Waals surface area contributed by atoms with Crippen LogP contribution in [0.2, 0.25) is 0 Å². The molecule has 0 aliphatic carbocycles. The number of aliphatic carboxylic acids is 1. The molecule has 1 aromatic carbocycles. The van der Waals surface area contributed by atoms with Gasteiger partial charge in [0.05, 0.1) is 6.42 Å². The minimum atomic E-state index is -0.659. The number of carbonyl (C=O) groups is 1. The van der Waals surface area contributed by atoms with Gasteiger partial charge in [-0.3, -0.25) is 9.69 Å². The van der Waals surface area contributed by atoms with Crippen molar-refractivity contribution in [2.75, 3.05) is 24.5 Å². The Hall–Kier alpha value is -1.55. The van der Waals surface area contributed by atoms with Gasteiger partial charge in [-0.25, -0.2) is 0 Å². The first kappa shape index (κ1) is 14.4. The van der Waals surface area contributed by atoms with Gasteiger partial charge >= 0.3 is 5.97 Å². The maximum Gasteiger partial charge on any atom is 0.304 e. The predicted molar refractivity (Wildman–Crippen MR) is 83.7 cm³/mol. The Morgan fingerprint density at radius 2 is 1.81 bits per heavy atom. The van der Waals surface area contributed by atoms with Gasteiger partial charge in [0.1, 0.15) is 0 Å². The van der Waals surface area contributed by atoms with Gasteiger partial charge in [-0.15, -0.1) is 0 Å². The Bertz CT molecular complexity index is 469. The molecular formula is C17H24N2O2. The van der Waals surface area contributed by atoms with E-state index in [-0.39, 0.29) is 6.04 Å². The van der Waals surface area contributed by atoms with Crippen LogP contribution in [0.5, 0.6) is 0 Å². The summed E-state index contributed by atoms with van der Waals surface area (Å²) in [7, 11) is 0. The zero-order valence-corrected chi connectivity index (χ0v) is 12.4. The smallest absolute Gasteiger partial charge is 0.304 e. The number of anilines is 1. The third-order valence-corrected chi connectivity index (χ3v) is 4.89. The predicted octanol–water partition coefficient (Wildman–Crippen LogP) is 2.59. The average molecular weight is 288 g/mol. The van der Waals surface area contributed by atoms with Crippen LogP contribution in [0.25, 0.3) is 0 Å². The van der Waals surface area contributed by atoms with Crippen LogP contribution in [0.4, 0.5) is 5.69 Å². The first-order valence-corrected chi connectivity index (χ1v) is 8.01. The Labute approximate surface area is 126 Å². The highest BCUT2D eigenvalue weighted by molar-refractivity contribution is 5.67. The first-order chi connectivity index (χ1) is 10.2. The summed E-state index contributed by atoms with van der Waals surface area (Å²) in [5, 5.41) is 9.05. The van der Waals surface area contributed by atoms with E-state index in [1.807, 2.05) is 0 Å². The Balaban J connectivity index is 1.57. The minimum absolute atomic E-state index is 0.260. The zero-order valence-electron chi connectivity index (χ0n) is 12.4. The molecule has 0 amide bonds. The largest absolute Gasteiger partial charge is 0.481 e. The normalized spacial score (nSPS) is 24.4. The number of carboxylic acids is 1. The molecule has 1 aromatic rings. The average Bonchev–Trinajstić information content (AvgIpc) is 2.96. The minimum Gasteiger partial charge on any atom is -0.481 e. The molecule has 1 N–H and O–H groups in total. The lowest BCUT2D eigenvalue weighted by Crippen LogP contribution is -2.47. The zero-order chi connectivity index (χ0) is 14.7. The Morgan fingerprint density at radius 1 is 1.10 bits per heavy atom. The van der Waals surface area contributed by atoms with E-state index in [1.54, 1.807) is 0 Å². The molecule has 21 heavy (non-hydrogen) atoms. The van der Waals surface area contributed by atoms with E-state index in [9.17, 15) is 4.79 Å². The third-order valence-electron chi connectivity index (χ3n) is 4.89. The van der Waals surface area contributed by atoms with Gasteiger partial charge in [-0.05, 0) is 44.4 Å². The Kier molecular flexibility index (Phi) is 4.44. The van der Waals surface area contributed by atoms with E-state index < -0.39 is 5.97 Å². The number of hydrogen-bond donors (Lipinski definition) is 1. The number of para-hydroxylation sites is 1. The van der Waals surface area contributed by atoms with Crippen LogP contribution in [0.3, 0.4) is 0 Å². The van der Waals surface area contributed by atoms with Crippen molar-refractivity contribution >= 4 is 11.7 Å². The van der Waals surface area contributed by atoms with Crippen molar-refractivity contribution in [1.29, 1.82) is 0 Å². The second kappa shape index (κ2) is 6.48. The van der Waals surface area contributed by atoms with Crippen LogP contribution in [-0.2, 0) is 4.79 Å². The standard InChI is InChI=1S/C17H24N2O2/c20-17(21)13-16-7-4-10-19(16)15-8-11-18(12-9-15)14-5-2-1-3-6-14/h1-3,5-6,15-16H,4,7-13H2,(H,20,21). The summed E-state index contributed by atoms with van der Waals surface area (Å²) in [5.41, 5.74) is 1.31. The Morgan fingerprint density at radius 3 is 2.48 bits per heavy atom. The maximum absolute atomic E-state index is 11.0. The summed E-state index contributed by atoms with van der Waals surface area (Å²) in [6, 6.07) is 11.4. The van der Waals surface area contributed by atoms with Crippen molar-refractivity contribution in [2.24, 2.45) is 0 Å². The maximum atomic E-state index is 11.0. The molecule has 4 nitrogen and oxygen atoms in total.